The molecule has 1 amide bonds. The Morgan fingerprint density at radius 1 is 0.885 bits per heavy atom. The summed E-state index contributed by atoms with van der Waals surface area (Å²) in [5.74, 6) is 0.0132. The third-order valence-electron chi connectivity index (χ3n) is 5.01. The highest BCUT2D eigenvalue weighted by Gasteiger charge is 2.31. The summed E-state index contributed by atoms with van der Waals surface area (Å²) in [4.78, 5) is 24.4. The van der Waals surface area contributed by atoms with Gasteiger partial charge in [-0.05, 0) is 55.3 Å². The molecule has 0 spiro atoms. The van der Waals surface area contributed by atoms with Crippen molar-refractivity contribution in [3.05, 3.63) is 77.9 Å². The second-order valence-electron chi connectivity index (χ2n) is 6.77. The number of rotatable bonds is 1. The van der Waals surface area contributed by atoms with Gasteiger partial charge >= 0.3 is 0 Å². The van der Waals surface area contributed by atoms with Gasteiger partial charge in [0.25, 0.3) is 5.91 Å². The molecule has 1 aliphatic heterocycles. The third kappa shape index (κ3) is 2.26. The van der Waals surface area contributed by atoms with E-state index in [2.05, 4.69) is 23.0 Å². The second kappa shape index (κ2) is 5.63. The molecule has 5 rings (SSSR count). The van der Waals surface area contributed by atoms with E-state index in [0.717, 1.165) is 34.2 Å². The molecule has 1 aromatic heterocycles. The Hall–Kier alpha value is -3.27. The minimum atomic E-state index is 0.0132. The van der Waals surface area contributed by atoms with Crippen molar-refractivity contribution in [1.82, 2.24) is 9.97 Å². The maximum Gasteiger partial charge on any atom is 0.258 e. The largest absolute Gasteiger partial charge is 0.305 e. The quantitative estimate of drug-likeness (QED) is 0.484. The van der Waals surface area contributed by atoms with Gasteiger partial charge in [0.05, 0.1) is 22.1 Å². The predicted octanol–water partition coefficient (Wildman–Crippen LogP) is 4.37. The molecule has 4 nitrogen and oxygen atoms in total. The predicted molar refractivity (Wildman–Crippen MR) is 103 cm³/mol. The van der Waals surface area contributed by atoms with E-state index in [-0.39, 0.29) is 11.9 Å². The highest BCUT2D eigenvalue weighted by molar-refractivity contribution is 6.09. The van der Waals surface area contributed by atoms with Crippen molar-refractivity contribution in [2.24, 2.45) is 0 Å². The Morgan fingerprint density at radius 2 is 1.54 bits per heavy atom. The lowest BCUT2D eigenvalue weighted by molar-refractivity contribution is 0.0981. The van der Waals surface area contributed by atoms with Crippen LogP contribution in [0.4, 0.5) is 5.69 Å². The number of amides is 1. The summed E-state index contributed by atoms with van der Waals surface area (Å²) in [6.45, 7) is 2.09. The van der Waals surface area contributed by atoms with E-state index in [9.17, 15) is 4.79 Å². The van der Waals surface area contributed by atoms with Gasteiger partial charge < -0.3 is 4.90 Å². The van der Waals surface area contributed by atoms with E-state index >= 15 is 0 Å². The molecule has 0 saturated carbocycles. The van der Waals surface area contributed by atoms with Crippen LogP contribution < -0.4 is 4.90 Å². The van der Waals surface area contributed by atoms with Crippen LogP contribution in [0.3, 0.4) is 0 Å². The third-order valence-corrected chi connectivity index (χ3v) is 5.01. The van der Waals surface area contributed by atoms with Crippen LogP contribution >= 0.6 is 0 Å². The molecule has 4 aromatic rings. The molecule has 3 aromatic carbocycles. The van der Waals surface area contributed by atoms with Gasteiger partial charge in [-0.15, -0.1) is 0 Å². The first kappa shape index (κ1) is 15.0. The molecule has 2 heterocycles. The molecule has 0 bridgehead atoms. The molecule has 0 radical (unpaired) electrons. The maximum absolute atomic E-state index is 13.2. The molecule has 1 atom stereocenters. The molecular weight excluding hydrogens is 322 g/mol. The number of aromatic nitrogens is 2. The maximum atomic E-state index is 13.2. The van der Waals surface area contributed by atoms with Crippen molar-refractivity contribution in [3.8, 4) is 0 Å². The van der Waals surface area contributed by atoms with E-state index in [1.807, 2.05) is 65.6 Å². The fourth-order valence-electron chi connectivity index (χ4n) is 3.77. The summed E-state index contributed by atoms with van der Waals surface area (Å²) < 4.78 is 0. The lowest BCUT2D eigenvalue weighted by Gasteiger charge is -2.23. The van der Waals surface area contributed by atoms with Crippen molar-refractivity contribution in [2.75, 3.05) is 4.90 Å². The van der Waals surface area contributed by atoms with Gasteiger partial charge in [0, 0.05) is 17.3 Å². The first-order valence-electron chi connectivity index (χ1n) is 8.79. The number of para-hydroxylation sites is 3. The van der Waals surface area contributed by atoms with Crippen LogP contribution in [-0.4, -0.2) is 21.9 Å². The molecule has 0 aliphatic carbocycles. The van der Waals surface area contributed by atoms with Gasteiger partial charge in [-0.1, -0.05) is 30.3 Å². The molecule has 1 aliphatic rings. The van der Waals surface area contributed by atoms with Gasteiger partial charge in [-0.3, -0.25) is 4.79 Å². The summed E-state index contributed by atoms with van der Waals surface area (Å²) in [5, 5.41) is 0. The highest BCUT2D eigenvalue weighted by Crippen LogP contribution is 2.33. The zero-order chi connectivity index (χ0) is 17.7. The van der Waals surface area contributed by atoms with Crippen LogP contribution in [0.2, 0.25) is 0 Å². The van der Waals surface area contributed by atoms with E-state index in [0.29, 0.717) is 5.56 Å². The average molecular weight is 339 g/mol. The topological polar surface area (TPSA) is 46.1 Å². The SMILES string of the molecule is C[C@@H]1Cc2ccccc2N1C(=O)c1ccc2nc3ccccc3nc2c1. The van der Waals surface area contributed by atoms with Gasteiger partial charge in [-0.25, -0.2) is 9.97 Å². The normalized spacial score (nSPS) is 16.2. The summed E-state index contributed by atoms with van der Waals surface area (Å²) in [5.41, 5.74) is 6.12. The van der Waals surface area contributed by atoms with Crippen molar-refractivity contribution in [3.63, 3.8) is 0 Å². The fraction of sp³-hybridized carbons (Fsp3) is 0.136. The molecule has 0 saturated heterocycles. The minimum absolute atomic E-state index is 0.0132. The van der Waals surface area contributed by atoms with Gasteiger partial charge in [0.1, 0.15) is 0 Å². The average Bonchev–Trinajstić information content (AvgIpc) is 3.01. The number of hydrogen-bond acceptors (Lipinski definition) is 3. The van der Waals surface area contributed by atoms with Crippen LogP contribution in [0.1, 0.15) is 22.8 Å². The molecule has 26 heavy (non-hydrogen) atoms. The van der Waals surface area contributed by atoms with E-state index in [1.54, 1.807) is 0 Å². The number of carbonyl (C=O) groups excluding carboxylic acids is 1. The van der Waals surface area contributed by atoms with Gasteiger partial charge in [-0.2, -0.15) is 0 Å². The van der Waals surface area contributed by atoms with Crippen molar-refractivity contribution < 1.29 is 4.79 Å². The summed E-state index contributed by atoms with van der Waals surface area (Å²) in [6.07, 6.45) is 0.889. The Morgan fingerprint density at radius 3 is 2.35 bits per heavy atom. The summed E-state index contributed by atoms with van der Waals surface area (Å²) >= 11 is 0. The lowest BCUT2D eigenvalue weighted by atomic mass is 10.1. The fourth-order valence-corrected chi connectivity index (χ4v) is 3.77. The molecule has 0 unspecified atom stereocenters. The van der Waals surface area contributed by atoms with E-state index in [4.69, 9.17) is 0 Å². The number of nitrogens with zero attached hydrogens (tertiary/aromatic N) is 3. The number of carbonyl (C=O) groups is 1. The second-order valence-corrected chi connectivity index (χ2v) is 6.77. The number of hydrogen-bond donors (Lipinski definition) is 0. The Labute approximate surface area is 151 Å². The highest BCUT2D eigenvalue weighted by atomic mass is 16.2. The van der Waals surface area contributed by atoms with Gasteiger partial charge in [0.2, 0.25) is 0 Å². The van der Waals surface area contributed by atoms with Crippen LogP contribution in [0.15, 0.2) is 66.7 Å². The number of anilines is 1. The summed E-state index contributed by atoms with van der Waals surface area (Å²) in [6, 6.07) is 21.6. The smallest absolute Gasteiger partial charge is 0.258 e. The molecule has 0 N–H and O–H groups in total. The first-order valence-corrected chi connectivity index (χ1v) is 8.79. The Kier molecular flexibility index (Phi) is 3.25. The number of fused-ring (bicyclic) bond motifs is 3. The zero-order valence-corrected chi connectivity index (χ0v) is 14.4. The van der Waals surface area contributed by atoms with Crippen LogP contribution in [0.5, 0.6) is 0 Å². The van der Waals surface area contributed by atoms with Crippen molar-refractivity contribution in [2.45, 2.75) is 19.4 Å². The summed E-state index contributed by atoms with van der Waals surface area (Å²) in [7, 11) is 0. The van der Waals surface area contributed by atoms with E-state index in [1.165, 1.54) is 5.56 Å². The lowest BCUT2D eigenvalue weighted by Crippen LogP contribution is -2.35. The Balaban J connectivity index is 1.60. The monoisotopic (exact) mass is 339 g/mol. The first-order chi connectivity index (χ1) is 12.7. The zero-order valence-electron chi connectivity index (χ0n) is 14.4. The minimum Gasteiger partial charge on any atom is -0.305 e. The van der Waals surface area contributed by atoms with Crippen LogP contribution in [-0.2, 0) is 6.42 Å². The molecule has 4 heteroatoms. The molecule has 0 fully saturated rings. The van der Waals surface area contributed by atoms with Crippen LogP contribution in [0, 0.1) is 0 Å². The number of benzene rings is 3. The standard InChI is InChI=1S/C22H17N3O/c1-14-12-15-6-2-5-9-21(15)25(14)22(26)16-10-11-19-20(13-16)24-18-8-4-3-7-17(18)23-19/h2-11,13-14H,12H2,1H3/t14-/m1/s1. The van der Waals surface area contributed by atoms with Gasteiger partial charge in [0.15, 0.2) is 0 Å². The van der Waals surface area contributed by atoms with Crippen molar-refractivity contribution in [1.29, 1.82) is 0 Å². The van der Waals surface area contributed by atoms with E-state index < -0.39 is 0 Å². The molecule has 126 valence electrons. The molecular formula is C22H17N3O. The van der Waals surface area contributed by atoms with Crippen LogP contribution in [0.25, 0.3) is 22.1 Å². The van der Waals surface area contributed by atoms with Crippen molar-refractivity contribution >= 4 is 33.7 Å². The Bertz CT molecular complexity index is 1170.